The molecule has 3 aromatic carbocycles. The molecule has 40 heavy (non-hydrogen) atoms. The van der Waals surface area contributed by atoms with Crippen molar-refractivity contribution in [2.45, 2.75) is 25.9 Å². The summed E-state index contributed by atoms with van der Waals surface area (Å²) in [5.74, 6) is -4.64. The number of hydrogen-bond acceptors (Lipinski definition) is 5. The van der Waals surface area contributed by atoms with Crippen LogP contribution in [-0.4, -0.2) is 44.3 Å². The van der Waals surface area contributed by atoms with Gasteiger partial charge in [-0.05, 0) is 65.4 Å². The van der Waals surface area contributed by atoms with Crippen molar-refractivity contribution in [3.05, 3.63) is 105 Å². The fourth-order valence-electron chi connectivity index (χ4n) is 4.19. The van der Waals surface area contributed by atoms with Crippen LogP contribution in [0.25, 0.3) is 17.0 Å². The lowest BCUT2D eigenvalue weighted by Gasteiger charge is -2.17. The molecule has 1 N–H and O–H groups in total. The van der Waals surface area contributed by atoms with Gasteiger partial charge in [-0.3, -0.25) is 19.2 Å². The summed E-state index contributed by atoms with van der Waals surface area (Å²) >= 11 is 7.13. The van der Waals surface area contributed by atoms with Gasteiger partial charge in [0.15, 0.2) is 0 Å². The molecule has 206 valence electrons. The van der Waals surface area contributed by atoms with E-state index >= 15 is 0 Å². The number of thioether (sulfide) groups is 1. The second kappa shape index (κ2) is 12.0. The van der Waals surface area contributed by atoms with Gasteiger partial charge in [-0.15, -0.1) is 11.8 Å². The largest absolute Gasteiger partial charge is 0.478 e. The van der Waals surface area contributed by atoms with Gasteiger partial charge in [0, 0.05) is 22.9 Å². The molecule has 4 aromatic rings. The first-order valence-corrected chi connectivity index (χ1v) is 13.6. The first-order valence-electron chi connectivity index (χ1n) is 12.0. The van der Waals surface area contributed by atoms with E-state index in [1.807, 2.05) is 6.07 Å². The fraction of sp³-hybridized carbons (Fsp3) is 0.172. The molecule has 11 heteroatoms. The lowest BCUT2D eigenvalue weighted by molar-refractivity contribution is -0.135. The maximum atomic E-state index is 14.2. The molecule has 0 aliphatic heterocycles. The summed E-state index contributed by atoms with van der Waals surface area (Å²) in [5.41, 5.74) is 2.34. The summed E-state index contributed by atoms with van der Waals surface area (Å²) in [6, 6.07) is 15.7. The summed E-state index contributed by atoms with van der Waals surface area (Å²) in [6.07, 6.45) is 5.43. The van der Waals surface area contributed by atoms with E-state index in [9.17, 15) is 23.2 Å². The van der Waals surface area contributed by atoms with Crippen LogP contribution in [0.3, 0.4) is 0 Å². The maximum absolute atomic E-state index is 14.2. The normalized spacial score (nSPS) is 12.0. The standard InChI is InChI=1S/C29H24ClF2N3O4S/c1-29(31,32)24-13-23(30)9-8-21(24)16-35-25-10-5-19(11-22(25)14-33-35)12-26(40-2)27(37)34(17-36)15-18-3-6-20(7-4-18)28(38)39/h3-14,17H,15-16H2,1-2H3,(H,38,39)/b26-12-. The summed E-state index contributed by atoms with van der Waals surface area (Å²) in [5, 5.41) is 14.4. The molecule has 1 aromatic heterocycles. The van der Waals surface area contributed by atoms with E-state index in [-0.39, 0.29) is 29.2 Å². The number of rotatable bonds is 10. The highest BCUT2D eigenvalue weighted by atomic mass is 35.5. The SMILES string of the molecule is CS/C(=C\c1ccc2c(cnn2Cc2ccc(Cl)cc2C(C)(F)F)c1)C(=O)N(C=O)Cc1ccc(C(=O)O)cc1. The molecule has 0 spiro atoms. The Labute approximate surface area is 238 Å². The van der Waals surface area contributed by atoms with Crippen LogP contribution >= 0.6 is 23.4 Å². The third-order valence-corrected chi connectivity index (χ3v) is 7.17. The molecule has 1 heterocycles. The Hall–Kier alpha value is -4.02. The van der Waals surface area contributed by atoms with Gasteiger partial charge in [0.2, 0.25) is 6.41 Å². The maximum Gasteiger partial charge on any atom is 0.335 e. The Morgan fingerprint density at radius 3 is 2.48 bits per heavy atom. The van der Waals surface area contributed by atoms with Crippen LogP contribution in [0.1, 0.15) is 39.5 Å². The van der Waals surface area contributed by atoms with Crippen molar-refractivity contribution >= 4 is 58.6 Å². The van der Waals surface area contributed by atoms with E-state index in [2.05, 4.69) is 5.10 Å². The zero-order valence-electron chi connectivity index (χ0n) is 21.5. The van der Waals surface area contributed by atoms with Crippen molar-refractivity contribution in [2.75, 3.05) is 6.26 Å². The lowest BCUT2D eigenvalue weighted by Crippen LogP contribution is -2.29. The van der Waals surface area contributed by atoms with Crippen LogP contribution in [0.15, 0.2) is 71.8 Å². The minimum atomic E-state index is -3.07. The summed E-state index contributed by atoms with van der Waals surface area (Å²) < 4.78 is 30.0. The molecule has 0 aliphatic rings. The van der Waals surface area contributed by atoms with Crippen molar-refractivity contribution in [3.8, 4) is 0 Å². The fourth-order valence-corrected chi connectivity index (χ4v) is 4.90. The third-order valence-electron chi connectivity index (χ3n) is 6.20. The molecule has 0 bridgehead atoms. The number of carbonyl (C=O) groups is 3. The van der Waals surface area contributed by atoms with Gasteiger partial charge in [0.25, 0.3) is 11.8 Å². The topological polar surface area (TPSA) is 92.5 Å². The van der Waals surface area contributed by atoms with E-state index < -0.39 is 17.8 Å². The van der Waals surface area contributed by atoms with Gasteiger partial charge in [-0.2, -0.15) is 5.10 Å². The van der Waals surface area contributed by atoms with E-state index in [4.69, 9.17) is 16.7 Å². The Morgan fingerprint density at radius 2 is 1.85 bits per heavy atom. The van der Waals surface area contributed by atoms with Crippen molar-refractivity contribution in [1.29, 1.82) is 0 Å². The summed E-state index contributed by atoms with van der Waals surface area (Å²) in [7, 11) is 0. The molecular weight excluding hydrogens is 560 g/mol. The van der Waals surface area contributed by atoms with Crippen LogP contribution < -0.4 is 0 Å². The quantitative estimate of drug-likeness (QED) is 0.171. The Balaban J connectivity index is 1.56. The Bertz CT molecular complexity index is 1610. The number of imide groups is 1. The summed E-state index contributed by atoms with van der Waals surface area (Å²) in [6.45, 7) is 0.924. The molecule has 0 saturated heterocycles. The molecule has 7 nitrogen and oxygen atoms in total. The van der Waals surface area contributed by atoms with Crippen molar-refractivity contribution in [3.63, 3.8) is 0 Å². The number of carboxylic acid groups (broad SMARTS) is 1. The molecule has 0 radical (unpaired) electrons. The first kappa shape index (κ1) is 29.0. The number of carboxylic acids is 1. The average Bonchev–Trinajstić information content (AvgIpc) is 3.32. The average molecular weight is 584 g/mol. The number of aromatic nitrogens is 2. The Kier molecular flexibility index (Phi) is 8.70. The van der Waals surface area contributed by atoms with E-state index in [0.29, 0.717) is 33.5 Å². The number of nitrogens with zero attached hydrogens (tertiary/aromatic N) is 3. The highest BCUT2D eigenvalue weighted by molar-refractivity contribution is 8.03. The van der Waals surface area contributed by atoms with Crippen LogP contribution in [0.5, 0.6) is 0 Å². The number of halogens is 3. The zero-order chi connectivity index (χ0) is 29.0. The second-order valence-electron chi connectivity index (χ2n) is 9.06. The third kappa shape index (κ3) is 6.57. The van der Waals surface area contributed by atoms with Crippen LogP contribution in [0.4, 0.5) is 8.78 Å². The number of amides is 2. The van der Waals surface area contributed by atoms with Crippen LogP contribution in [0, 0.1) is 0 Å². The van der Waals surface area contributed by atoms with Gasteiger partial charge >= 0.3 is 5.97 Å². The summed E-state index contributed by atoms with van der Waals surface area (Å²) in [4.78, 5) is 37.3. The molecule has 0 atom stereocenters. The van der Waals surface area contributed by atoms with Gasteiger partial charge < -0.3 is 5.11 Å². The number of aromatic carboxylic acids is 1. The lowest BCUT2D eigenvalue weighted by atomic mass is 10.0. The predicted molar refractivity (Wildman–Crippen MR) is 151 cm³/mol. The predicted octanol–water partition coefficient (Wildman–Crippen LogP) is 6.44. The minimum Gasteiger partial charge on any atom is -0.478 e. The monoisotopic (exact) mass is 583 g/mol. The van der Waals surface area contributed by atoms with Crippen molar-refractivity contribution in [1.82, 2.24) is 14.7 Å². The highest BCUT2D eigenvalue weighted by Gasteiger charge is 2.28. The van der Waals surface area contributed by atoms with Gasteiger partial charge in [0.1, 0.15) is 0 Å². The number of alkyl halides is 2. The Morgan fingerprint density at radius 1 is 1.12 bits per heavy atom. The molecule has 0 aliphatic carbocycles. The minimum absolute atomic E-state index is 0.0184. The zero-order valence-corrected chi connectivity index (χ0v) is 23.0. The number of carbonyl (C=O) groups excluding carboxylic acids is 2. The smallest absolute Gasteiger partial charge is 0.335 e. The van der Waals surface area contributed by atoms with E-state index in [1.165, 1.54) is 30.0 Å². The van der Waals surface area contributed by atoms with E-state index in [0.717, 1.165) is 17.2 Å². The molecule has 0 unspecified atom stereocenters. The molecule has 4 rings (SSSR count). The van der Waals surface area contributed by atoms with Gasteiger partial charge in [-0.1, -0.05) is 35.9 Å². The molecule has 0 saturated carbocycles. The molecule has 2 amide bonds. The number of hydrogen-bond donors (Lipinski definition) is 1. The van der Waals surface area contributed by atoms with Crippen molar-refractivity contribution < 1.29 is 28.3 Å². The van der Waals surface area contributed by atoms with Gasteiger partial charge in [-0.25, -0.2) is 13.6 Å². The van der Waals surface area contributed by atoms with Gasteiger partial charge in [0.05, 0.1) is 35.3 Å². The van der Waals surface area contributed by atoms with Crippen molar-refractivity contribution in [2.24, 2.45) is 0 Å². The highest BCUT2D eigenvalue weighted by Crippen LogP contribution is 2.33. The van der Waals surface area contributed by atoms with E-state index in [1.54, 1.807) is 59.6 Å². The second-order valence-corrected chi connectivity index (χ2v) is 10.3. The molecule has 0 fully saturated rings. The first-order chi connectivity index (χ1) is 19.0. The molecular formula is C29H24ClF2N3O4S. The number of benzene rings is 3. The van der Waals surface area contributed by atoms with Crippen LogP contribution in [0.2, 0.25) is 5.02 Å². The number of fused-ring (bicyclic) bond motifs is 1. The van der Waals surface area contributed by atoms with Crippen LogP contribution in [-0.2, 0) is 28.6 Å².